The van der Waals surface area contributed by atoms with Crippen LogP contribution in [0.1, 0.15) is 26.5 Å². The second-order valence-corrected chi connectivity index (χ2v) is 6.47. The Kier molecular flexibility index (Phi) is 5.21. The molecule has 0 aliphatic heterocycles. The lowest BCUT2D eigenvalue weighted by Crippen LogP contribution is -2.42. The summed E-state index contributed by atoms with van der Waals surface area (Å²) in [7, 11) is 0. The van der Waals surface area contributed by atoms with E-state index in [2.05, 4.69) is 31.2 Å². The molecule has 2 aromatic rings. The lowest BCUT2D eigenvalue weighted by atomic mass is 10.1. The van der Waals surface area contributed by atoms with Crippen molar-refractivity contribution >= 4 is 0 Å². The SMILES string of the molecule is Cc1cc(OCC(O)CNC(C)(C)C)n(-c2ccccc2)n1. The van der Waals surface area contributed by atoms with Gasteiger partial charge in [0.15, 0.2) is 0 Å². The Morgan fingerprint density at radius 3 is 2.59 bits per heavy atom. The van der Waals surface area contributed by atoms with Crippen LogP contribution in [0.2, 0.25) is 0 Å². The smallest absolute Gasteiger partial charge is 0.216 e. The Bertz CT molecular complexity index is 588. The van der Waals surface area contributed by atoms with E-state index in [-0.39, 0.29) is 12.1 Å². The summed E-state index contributed by atoms with van der Waals surface area (Å²) >= 11 is 0. The number of aliphatic hydroxyl groups excluding tert-OH is 1. The van der Waals surface area contributed by atoms with Crippen molar-refractivity contribution in [1.82, 2.24) is 15.1 Å². The van der Waals surface area contributed by atoms with Crippen LogP contribution in [0.25, 0.3) is 5.69 Å². The first-order valence-electron chi connectivity index (χ1n) is 7.53. The lowest BCUT2D eigenvalue weighted by molar-refractivity contribution is 0.0963. The number of para-hydroxylation sites is 1. The van der Waals surface area contributed by atoms with Crippen molar-refractivity contribution in [2.24, 2.45) is 0 Å². The number of ether oxygens (including phenoxy) is 1. The monoisotopic (exact) mass is 303 g/mol. The predicted octanol–water partition coefficient (Wildman–Crippen LogP) is 2.31. The number of aliphatic hydroxyl groups is 1. The van der Waals surface area contributed by atoms with E-state index in [1.807, 2.05) is 43.3 Å². The third kappa shape index (κ3) is 4.86. The van der Waals surface area contributed by atoms with E-state index in [1.165, 1.54) is 0 Å². The molecule has 1 unspecified atom stereocenters. The zero-order valence-corrected chi connectivity index (χ0v) is 13.7. The average Bonchev–Trinajstić information content (AvgIpc) is 2.84. The Hall–Kier alpha value is -1.85. The van der Waals surface area contributed by atoms with Gasteiger partial charge in [-0.15, -0.1) is 0 Å². The summed E-state index contributed by atoms with van der Waals surface area (Å²) in [6.45, 7) is 8.82. The van der Waals surface area contributed by atoms with Crippen molar-refractivity contribution in [2.75, 3.05) is 13.2 Å². The van der Waals surface area contributed by atoms with Crippen LogP contribution in [0.3, 0.4) is 0 Å². The van der Waals surface area contributed by atoms with Gasteiger partial charge in [0, 0.05) is 18.2 Å². The van der Waals surface area contributed by atoms with E-state index < -0.39 is 6.10 Å². The summed E-state index contributed by atoms with van der Waals surface area (Å²) in [6.07, 6.45) is -0.571. The second kappa shape index (κ2) is 6.94. The molecule has 120 valence electrons. The van der Waals surface area contributed by atoms with Crippen molar-refractivity contribution in [3.8, 4) is 11.6 Å². The molecule has 1 atom stereocenters. The maximum Gasteiger partial charge on any atom is 0.216 e. The topological polar surface area (TPSA) is 59.3 Å². The molecule has 0 bridgehead atoms. The Morgan fingerprint density at radius 1 is 1.27 bits per heavy atom. The van der Waals surface area contributed by atoms with Gasteiger partial charge in [0.25, 0.3) is 0 Å². The number of aromatic nitrogens is 2. The van der Waals surface area contributed by atoms with Gasteiger partial charge in [-0.1, -0.05) is 18.2 Å². The number of aryl methyl sites for hydroxylation is 1. The minimum atomic E-state index is -0.571. The van der Waals surface area contributed by atoms with Gasteiger partial charge >= 0.3 is 0 Å². The molecule has 2 rings (SSSR count). The molecule has 5 nitrogen and oxygen atoms in total. The summed E-state index contributed by atoms with van der Waals surface area (Å²) < 4.78 is 7.50. The number of benzene rings is 1. The minimum Gasteiger partial charge on any atom is -0.475 e. The van der Waals surface area contributed by atoms with E-state index in [0.29, 0.717) is 12.4 Å². The Labute approximate surface area is 131 Å². The van der Waals surface area contributed by atoms with E-state index in [0.717, 1.165) is 11.4 Å². The number of hydrogen-bond donors (Lipinski definition) is 2. The molecule has 0 saturated carbocycles. The molecule has 0 saturated heterocycles. The fraction of sp³-hybridized carbons (Fsp3) is 0.471. The molecule has 5 heteroatoms. The van der Waals surface area contributed by atoms with Gasteiger partial charge in [0.1, 0.15) is 12.7 Å². The molecule has 2 N–H and O–H groups in total. The number of nitrogens with one attached hydrogen (secondary N) is 1. The van der Waals surface area contributed by atoms with Gasteiger partial charge in [-0.2, -0.15) is 5.10 Å². The number of rotatable bonds is 6. The third-order valence-corrected chi connectivity index (χ3v) is 3.09. The fourth-order valence-electron chi connectivity index (χ4n) is 2.00. The number of hydrogen-bond acceptors (Lipinski definition) is 4. The predicted molar refractivity (Wildman–Crippen MR) is 87.6 cm³/mol. The second-order valence-electron chi connectivity index (χ2n) is 6.47. The molecule has 0 fully saturated rings. The van der Waals surface area contributed by atoms with E-state index in [4.69, 9.17) is 4.74 Å². The summed E-state index contributed by atoms with van der Waals surface area (Å²) in [6, 6.07) is 11.7. The first-order chi connectivity index (χ1) is 10.3. The Balaban J connectivity index is 1.99. The van der Waals surface area contributed by atoms with E-state index >= 15 is 0 Å². The van der Waals surface area contributed by atoms with Gasteiger partial charge in [0.2, 0.25) is 5.88 Å². The van der Waals surface area contributed by atoms with Crippen LogP contribution in [-0.2, 0) is 0 Å². The zero-order chi connectivity index (χ0) is 16.2. The third-order valence-electron chi connectivity index (χ3n) is 3.09. The molecule has 1 aromatic carbocycles. The quantitative estimate of drug-likeness (QED) is 0.860. The summed E-state index contributed by atoms with van der Waals surface area (Å²) in [5.74, 6) is 0.638. The van der Waals surface area contributed by atoms with Crippen LogP contribution < -0.4 is 10.1 Å². The van der Waals surface area contributed by atoms with Crippen molar-refractivity contribution in [3.63, 3.8) is 0 Å². The van der Waals surface area contributed by atoms with Gasteiger partial charge in [0.05, 0.1) is 11.4 Å². The largest absolute Gasteiger partial charge is 0.475 e. The average molecular weight is 303 g/mol. The highest BCUT2D eigenvalue weighted by molar-refractivity contribution is 5.35. The summed E-state index contributed by atoms with van der Waals surface area (Å²) in [4.78, 5) is 0. The molecular weight excluding hydrogens is 278 g/mol. The van der Waals surface area contributed by atoms with Gasteiger partial charge in [-0.05, 0) is 39.8 Å². The summed E-state index contributed by atoms with van der Waals surface area (Å²) in [5, 5.41) is 17.7. The summed E-state index contributed by atoms with van der Waals surface area (Å²) in [5.41, 5.74) is 1.79. The Morgan fingerprint density at radius 2 is 1.95 bits per heavy atom. The van der Waals surface area contributed by atoms with Gasteiger partial charge in [-0.3, -0.25) is 0 Å². The van der Waals surface area contributed by atoms with Crippen molar-refractivity contribution in [3.05, 3.63) is 42.1 Å². The minimum absolute atomic E-state index is 0.0244. The molecule has 1 aromatic heterocycles. The standard InChI is InChI=1S/C17H25N3O2/c1-13-10-16(20(19-13)14-8-6-5-7-9-14)22-12-15(21)11-18-17(2,3)4/h5-10,15,18,21H,11-12H2,1-4H3. The fourth-order valence-corrected chi connectivity index (χ4v) is 2.00. The van der Waals surface area contributed by atoms with Gasteiger partial charge in [-0.25, -0.2) is 4.68 Å². The van der Waals surface area contributed by atoms with Crippen LogP contribution in [0.15, 0.2) is 36.4 Å². The number of nitrogens with zero attached hydrogens (tertiary/aromatic N) is 2. The molecule has 0 spiro atoms. The van der Waals surface area contributed by atoms with Crippen LogP contribution in [0.4, 0.5) is 0 Å². The normalized spacial score (nSPS) is 13.1. The van der Waals surface area contributed by atoms with Crippen LogP contribution in [0, 0.1) is 6.92 Å². The van der Waals surface area contributed by atoms with Crippen LogP contribution >= 0.6 is 0 Å². The molecule has 0 radical (unpaired) electrons. The lowest BCUT2D eigenvalue weighted by Gasteiger charge is -2.23. The first-order valence-corrected chi connectivity index (χ1v) is 7.53. The van der Waals surface area contributed by atoms with Crippen LogP contribution in [0.5, 0.6) is 5.88 Å². The highest BCUT2D eigenvalue weighted by Gasteiger charge is 2.14. The number of β-amino-alcohol motifs (C(OH)–C–C–N with tert-alkyl or cyclic N) is 1. The van der Waals surface area contributed by atoms with Crippen molar-refractivity contribution in [1.29, 1.82) is 0 Å². The molecule has 0 aliphatic carbocycles. The molecule has 0 aliphatic rings. The van der Waals surface area contributed by atoms with Crippen molar-refractivity contribution < 1.29 is 9.84 Å². The van der Waals surface area contributed by atoms with Gasteiger partial charge < -0.3 is 15.2 Å². The molecular formula is C17H25N3O2. The van der Waals surface area contributed by atoms with E-state index in [9.17, 15) is 5.11 Å². The molecule has 0 amide bonds. The maximum absolute atomic E-state index is 10.0. The van der Waals surface area contributed by atoms with E-state index in [1.54, 1.807) is 4.68 Å². The molecule has 1 heterocycles. The highest BCUT2D eigenvalue weighted by atomic mass is 16.5. The van der Waals surface area contributed by atoms with Crippen molar-refractivity contribution in [2.45, 2.75) is 39.3 Å². The maximum atomic E-state index is 10.0. The highest BCUT2D eigenvalue weighted by Crippen LogP contribution is 2.19. The zero-order valence-electron chi connectivity index (χ0n) is 13.7. The first kappa shape index (κ1) is 16.5. The van der Waals surface area contributed by atoms with Crippen LogP contribution in [-0.4, -0.2) is 39.7 Å². The molecule has 22 heavy (non-hydrogen) atoms.